The maximum Gasteiger partial charge on any atom is 0.363 e. The first-order valence-electron chi connectivity index (χ1n) is 4.45. The minimum Gasteiger partial charge on any atom is -0.358 e. The van der Waals surface area contributed by atoms with Crippen LogP contribution in [-0.4, -0.2) is 24.4 Å². The third-order valence-corrected chi connectivity index (χ3v) is 3.25. The van der Waals surface area contributed by atoms with Crippen LogP contribution in [-0.2, 0) is 10.0 Å². The Balaban J connectivity index is 3.02. The molecule has 1 aromatic heterocycles. The maximum atomic E-state index is 11.6. The van der Waals surface area contributed by atoms with Crippen molar-refractivity contribution in [3.63, 3.8) is 0 Å². The first-order chi connectivity index (χ1) is 7.33. The van der Waals surface area contributed by atoms with E-state index in [1.54, 1.807) is 13.8 Å². The van der Waals surface area contributed by atoms with Crippen molar-refractivity contribution in [1.29, 1.82) is 0 Å². The molecule has 1 rings (SSSR count). The van der Waals surface area contributed by atoms with Crippen LogP contribution in [0.2, 0.25) is 0 Å². The van der Waals surface area contributed by atoms with E-state index in [9.17, 15) is 18.5 Å². The Morgan fingerprint density at radius 3 is 2.44 bits per heavy atom. The van der Waals surface area contributed by atoms with E-state index in [0.29, 0.717) is 0 Å². The summed E-state index contributed by atoms with van der Waals surface area (Å²) < 4.78 is 25.6. The monoisotopic (exact) mass is 245 g/mol. The molecule has 8 heteroatoms. The van der Waals surface area contributed by atoms with Crippen molar-refractivity contribution < 1.29 is 13.3 Å². The van der Waals surface area contributed by atoms with Gasteiger partial charge in [-0.1, -0.05) is 0 Å². The van der Waals surface area contributed by atoms with Crippen molar-refractivity contribution in [3.05, 3.63) is 28.4 Å². The summed E-state index contributed by atoms with van der Waals surface area (Å²) in [6.45, 7) is 3.35. The van der Waals surface area contributed by atoms with Crippen molar-refractivity contribution in [3.8, 4) is 0 Å². The molecule has 1 aromatic rings. The van der Waals surface area contributed by atoms with Crippen LogP contribution in [0.4, 0.5) is 5.82 Å². The lowest BCUT2D eigenvalue weighted by molar-refractivity contribution is -0.389. The largest absolute Gasteiger partial charge is 0.363 e. The second-order valence-electron chi connectivity index (χ2n) is 3.39. The zero-order chi connectivity index (χ0) is 12.3. The molecule has 1 N–H and O–H groups in total. The molecule has 1 heterocycles. The predicted octanol–water partition coefficient (Wildman–Crippen LogP) is 0.677. The molecule has 0 unspecified atom stereocenters. The van der Waals surface area contributed by atoms with Crippen molar-refractivity contribution in [1.82, 2.24) is 9.71 Å². The molecule has 16 heavy (non-hydrogen) atoms. The quantitative estimate of drug-likeness (QED) is 0.620. The van der Waals surface area contributed by atoms with Crippen LogP contribution in [0.5, 0.6) is 0 Å². The van der Waals surface area contributed by atoms with Gasteiger partial charge in [-0.3, -0.25) is 0 Å². The normalized spacial score (nSPS) is 11.7. The molecular weight excluding hydrogens is 234 g/mol. The number of hydrogen-bond acceptors (Lipinski definition) is 5. The van der Waals surface area contributed by atoms with E-state index in [4.69, 9.17) is 0 Å². The molecular formula is C8H11N3O4S. The smallest absolute Gasteiger partial charge is 0.358 e. The average molecular weight is 245 g/mol. The highest BCUT2D eigenvalue weighted by Crippen LogP contribution is 2.12. The van der Waals surface area contributed by atoms with E-state index in [1.807, 2.05) is 0 Å². The zero-order valence-electron chi connectivity index (χ0n) is 8.75. The van der Waals surface area contributed by atoms with E-state index >= 15 is 0 Å². The van der Waals surface area contributed by atoms with Gasteiger partial charge in [0.1, 0.15) is 4.90 Å². The van der Waals surface area contributed by atoms with Crippen LogP contribution < -0.4 is 4.72 Å². The van der Waals surface area contributed by atoms with Crippen LogP contribution in [0.1, 0.15) is 13.8 Å². The summed E-state index contributed by atoms with van der Waals surface area (Å²) in [6.07, 6.45) is 0.961. The summed E-state index contributed by atoms with van der Waals surface area (Å²) in [5.41, 5.74) is 0. The molecule has 0 bridgehead atoms. The second-order valence-corrected chi connectivity index (χ2v) is 5.10. The first kappa shape index (κ1) is 12.5. The number of sulfonamides is 1. The van der Waals surface area contributed by atoms with Crippen molar-refractivity contribution >= 4 is 15.8 Å². The molecule has 0 amide bonds. The molecule has 0 atom stereocenters. The van der Waals surface area contributed by atoms with Crippen LogP contribution in [0.15, 0.2) is 23.2 Å². The van der Waals surface area contributed by atoms with Crippen LogP contribution in [0.25, 0.3) is 0 Å². The summed E-state index contributed by atoms with van der Waals surface area (Å²) in [4.78, 5) is 13.0. The maximum absolute atomic E-state index is 11.6. The molecule has 0 aliphatic rings. The van der Waals surface area contributed by atoms with Gasteiger partial charge in [0.05, 0.1) is 0 Å². The van der Waals surface area contributed by atoms with Crippen molar-refractivity contribution in [2.24, 2.45) is 0 Å². The Morgan fingerprint density at radius 1 is 1.44 bits per heavy atom. The Hall–Kier alpha value is -1.54. The van der Waals surface area contributed by atoms with Gasteiger partial charge in [0.15, 0.2) is 6.20 Å². The molecule has 0 radical (unpaired) electrons. The molecule has 7 nitrogen and oxygen atoms in total. The second kappa shape index (κ2) is 4.54. The fourth-order valence-electron chi connectivity index (χ4n) is 1.02. The van der Waals surface area contributed by atoms with Crippen LogP contribution in [0, 0.1) is 10.1 Å². The van der Waals surface area contributed by atoms with E-state index in [-0.39, 0.29) is 16.8 Å². The topological polar surface area (TPSA) is 102 Å². The van der Waals surface area contributed by atoms with Gasteiger partial charge in [-0.2, -0.15) is 0 Å². The van der Waals surface area contributed by atoms with E-state index in [2.05, 4.69) is 9.71 Å². The lowest BCUT2D eigenvalue weighted by Gasteiger charge is -2.07. The first-order valence-corrected chi connectivity index (χ1v) is 5.94. The Kier molecular flexibility index (Phi) is 3.55. The minimum atomic E-state index is -3.64. The molecule has 88 valence electrons. The van der Waals surface area contributed by atoms with E-state index < -0.39 is 14.9 Å². The van der Waals surface area contributed by atoms with E-state index in [1.165, 1.54) is 0 Å². The summed E-state index contributed by atoms with van der Waals surface area (Å²) in [7, 11) is -3.64. The summed E-state index contributed by atoms with van der Waals surface area (Å²) in [5.74, 6) is -0.386. The van der Waals surface area contributed by atoms with Gasteiger partial charge in [0.2, 0.25) is 10.0 Å². The molecule has 0 fully saturated rings. The number of aromatic nitrogens is 1. The highest BCUT2D eigenvalue weighted by molar-refractivity contribution is 7.89. The van der Waals surface area contributed by atoms with Crippen LogP contribution >= 0.6 is 0 Å². The van der Waals surface area contributed by atoms with Gasteiger partial charge < -0.3 is 10.1 Å². The average Bonchev–Trinajstić information content (AvgIpc) is 2.16. The highest BCUT2D eigenvalue weighted by atomic mass is 32.2. The lowest BCUT2D eigenvalue weighted by Crippen LogP contribution is -2.30. The predicted molar refractivity (Wildman–Crippen MR) is 56.3 cm³/mol. The summed E-state index contributed by atoms with van der Waals surface area (Å²) in [6, 6.07) is 1.95. The SMILES string of the molecule is CC(C)NS(=O)(=O)c1ccc([N+](=O)[O-])nc1. The third-order valence-electron chi connectivity index (χ3n) is 1.61. The van der Waals surface area contributed by atoms with Crippen molar-refractivity contribution in [2.75, 3.05) is 0 Å². The fourth-order valence-corrected chi connectivity index (χ4v) is 2.21. The number of nitrogens with zero attached hydrogens (tertiary/aromatic N) is 2. The Bertz CT molecular complexity index is 481. The molecule has 0 spiro atoms. The molecule has 0 aliphatic carbocycles. The molecule has 0 aliphatic heterocycles. The van der Waals surface area contributed by atoms with Gasteiger partial charge in [0, 0.05) is 12.1 Å². The number of pyridine rings is 1. The molecule has 0 aromatic carbocycles. The minimum absolute atomic E-state index is 0.0909. The number of nitrogens with one attached hydrogen (secondary N) is 1. The number of hydrogen-bond donors (Lipinski definition) is 1. The number of rotatable bonds is 4. The fraction of sp³-hybridized carbons (Fsp3) is 0.375. The van der Waals surface area contributed by atoms with E-state index in [0.717, 1.165) is 18.3 Å². The van der Waals surface area contributed by atoms with Gasteiger partial charge in [-0.05, 0) is 29.8 Å². The summed E-state index contributed by atoms with van der Waals surface area (Å²) >= 11 is 0. The van der Waals surface area contributed by atoms with Gasteiger partial charge in [-0.15, -0.1) is 0 Å². The Morgan fingerprint density at radius 2 is 2.06 bits per heavy atom. The summed E-state index contributed by atoms with van der Waals surface area (Å²) in [5, 5.41) is 10.3. The lowest BCUT2D eigenvalue weighted by atomic mass is 10.4. The molecule has 0 saturated heterocycles. The highest BCUT2D eigenvalue weighted by Gasteiger charge is 2.18. The standard InChI is InChI=1S/C8H11N3O4S/c1-6(2)10-16(14,15)7-3-4-8(9-5-7)11(12)13/h3-6,10H,1-2H3. The van der Waals surface area contributed by atoms with Crippen LogP contribution in [0.3, 0.4) is 0 Å². The molecule has 0 saturated carbocycles. The van der Waals surface area contributed by atoms with Gasteiger partial charge in [0.25, 0.3) is 0 Å². The van der Waals surface area contributed by atoms with Gasteiger partial charge >= 0.3 is 5.82 Å². The number of nitro groups is 1. The van der Waals surface area contributed by atoms with Crippen molar-refractivity contribution in [2.45, 2.75) is 24.8 Å². The Labute approximate surface area is 92.7 Å². The third kappa shape index (κ3) is 2.97. The zero-order valence-corrected chi connectivity index (χ0v) is 9.56. The van der Waals surface area contributed by atoms with Gasteiger partial charge in [-0.25, -0.2) is 13.1 Å².